The molecule has 0 heterocycles. The van der Waals surface area contributed by atoms with Crippen molar-refractivity contribution in [3.05, 3.63) is 60.8 Å². The number of hydrogen-bond donors (Lipinski definition) is 0. The van der Waals surface area contributed by atoms with E-state index in [-0.39, 0.29) is 37.5 Å². The van der Waals surface area contributed by atoms with Gasteiger partial charge in [-0.15, -0.1) is 0 Å². The van der Waals surface area contributed by atoms with Gasteiger partial charge in [0.25, 0.3) is 0 Å². The first-order valence-electron chi connectivity index (χ1n) is 29.8. The Labute approximate surface area is 428 Å². The third-order valence-corrected chi connectivity index (χ3v) is 13.1. The lowest BCUT2D eigenvalue weighted by molar-refractivity contribution is -0.166. The summed E-state index contributed by atoms with van der Waals surface area (Å²) in [7, 11) is 0. The molecule has 6 heteroatoms. The summed E-state index contributed by atoms with van der Waals surface area (Å²) in [6.45, 7) is 6.51. The molecule has 400 valence electrons. The summed E-state index contributed by atoms with van der Waals surface area (Å²) in [5, 5.41) is 0. The lowest BCUT2D eigenvalue weighted by Crippen LogP contribution is -2.30. The average Bonchev–Trinajstić information content (AvgIpc) is 3.35. The van der Waals surface area contributed by atoms with Gasteiger partial charge in [-0.2, -0.15) is 0 Å². The van der Waals surface area contributed by atoms with Gasteiger partial charge in [0.1, 0.15) is 13.2 Å². The van der Waals surface area contributed by atoms with E-state index >= 15 is 0 Å². The Morgan fingerprint density at radius 1 is 0.304 bits per heavy atom. The van der Waals surface area contributed by atoms with Gasteiger partial charge in [0.05, 0.1) is 0 Å². The summed E-state index contributed by atoms with van der Waals surface area (Å²) < 4.78 is 16.8. The van der Waals surface area contributed by atoms with Crippen molar-refractivity contribution in [2.45, 2.75) is 309 Å². The van der Waals surface area contributed by atoms with E-state index in [1.807, 2.05) is 6.08 Å². The third-order valence-electron chi connectivity index (χ3n) is 13.1. The predicted octanol–water partition coefficient (Wildman–Crippen LogP) is 20.0. The van der Waals surface area contributed by atoms with Gasteiger partial charge in [0.15, 0.2) is 6.10 Å². The fraction of sp³-hybridized carbons (Fsp3) is 0.794. The summed E-state index contributed by atoms with van der Waals surface area (Å²) in [6.07, 6.45) is 72.3. The molecule has 0 aliphatic carbocycles. The highest BCUT2D eigenvalue weighted by atomic mass is 16.6. The van der Waals surface area contributed by atoms with Crippen LogP contribution in [0.5, 0.6) is 0 Å². The minimum absolute atomic E-state index is 0.0995. The van der Waals surface area contributed by atoms with E-state index in [0.29, 0.717) is 19.3 Å². The highest BCUT2D eigenvalue weighted by Gasteiger charge is 2.19. The molecule has 0 aliphatic heterocycles. The number of carbonyl (C=O) groups is 3. The van der Waals surface area contributed by atoms with Crippen LogP contribution in [0.1, 0.15) is 303 Å². The summed E-state index contributed by atoms with van der Waals surface area (Å²) in [5.41, 5.74) is 0. The van der Waals surface area contributed by atoms with Crippen LogP contribution < -0.4 is 0 Å². The van der Waals surface area contributed by atoms with Gasteiger partial charge >= 0.3 is 17.9 Å². The highest BCUT2D eigenvalue weighted by Crippen LogP contribution is 2.17. The molecular formula is C63H112O6. The highest BCUT2D eigenvalue weighted by molar-refractivity contribution is 5.71. The van der Waals surface area contributed by atoms with Crippen LogP contribution in [0, 0.1) is 0 Å². The van der Waals surface area contributed by atoms with Gasteiger partial charge in [-0.25, -0.2) is 0 Å². The molecule has 0 aromatic rings. The Kier molecular flexibility index (Phi) is 55.3. The molecule has 0 aromatic heterocycles. The smallest absolute Gasteiger partial charge is 0.306 e. The van der Waals surface area contributed by atoms with Crippen molar-refractivity contribution in [1.82, 2.24) is 0 Å². The molecule has 0 aliphatic rings. The molecule has 0 amide bonds. The number of carbonyl (C=O) groups excluding carboxylic acids is 3. The lowest BCUT2D eigenvalue weighted by atomic mass is 10.0. The lowest BCUT2D eigenvalue weighted by Gasteiger charge is -2.18. The van der Waals surface area contributed by atoms with E-state index in [9.17, 15) is 14.4 Å². The number of allylic oxidation sites excluding steroid dienone is 10. The number of hydrogen-bond acceptors (Lipinski definition) is 6. The summed E-state index contributed by atoms with van der Waals surface area (Å²) in [4.78, 5) is 38.2. The maximum Gasteiger partial charge on any atom is 0.306 e. The van der Waals surface area contributed by atoms with E-state index in [1.165, 1.54) is 186 Å². The van der Waals surface area contributed by atoms with Crippen molar-refractivity contribution in [3.63, 3.8) is 0 Å². The SMILES string of the molecule is CC/C=C\C/C=C\C/C=C\C/C=C\C/C=C\CCC(=O)OC(COC(=O)CCCCCCCCCCCCCCCCCC)COC(=O)CCCCCCCCCCCCCCCCCCCCC. The first kappa shape index (κ1) is 66.1. The average molecular weight is 966 g/mol. The second-order valence-corrected chi connectivity index (χ2v) is 19.9. The van der Waals surface area contributed by atoms with Crippen LogP contribution in [-0.2, 0) is 28.6 Å². The molecule has 1 atom stereocenters. The third kappa shape index (κ3) is 55.9. The van der Waals surface area contributed by atoms with Crippen LogP contribution in [0.15, 0.2) is 60.8 Å². The van der Waals surface area contributed by atoms with Crippen LogP contribution in [0.3, 0.4) is 0 Å². The molecule has 1 unspecified atom stereocenters. The minimum Gasteiger partial charge on any atom is -0.462 e. The minimum atomic E-state index is -0.811. The van der Waals surface area contributed by atoms with Crippen LogP contribution in [-0.4, -0.2) is 37.2 Å². The number of unbranched alkanes of at least 4 members (excludes halogenated alkanes) is 33. The molecule has 0 N–H and O–H groups in total. The zero-order valence-corrected chi connectivity index (χ0v) is 45.8. The molecule has 0 fully saturated rings. The van der Waals surface area contributed by atoms with Crippen molar-refractivity contribution in [2.75, 3.05) is 13.2 Å². The van der Waals surface area contributed by atoms with Crippen molar-refractivity contribution in [1.29, 1.82) is 0 Å². The Hall–Kier alpha value is -2.89. The van der Waals surface area contributed by atoms with E-state index < -0.39 is 6.10 Å². The van der Waals surface area contributed by atoms with Crippen molar-refractivity contribution < 1.29 is 28.6 Å². The van der Waals surface area contributed by atoms with Gasteiger partial charge in [-0.05, 0) is 51.4 Å². The van der Waals surface area contributed by atoms with Gasteiger partial charge < -0.3 is 14.2 Å². The largest absolute Gasteiger partial charge is 0.462 e. The van der Waals surface area contributed by atoms with E-state index in [1.54, 1.807) is 0 Å². The summed E-state index contributed by atoms with van der Waals surface area (Å²) in [5.74, 6) is -0.966. The molecule has 6 nitrogen and oxygen atoms in total. The molecule has 0 saturated heterocycles. The number of ether oxygens (including phenoxy) is 3. The zero-order valence-electron chi connectivity index (χ0n) is 45.8. The molecule has 0 radical (unpaired) electrons. The topological polar surface area (TPSA) is 78.9 Å². The van der Waals surface area contributed by atoms with Gasteiger partial charge in [-0.1, -0.05) is 293 Å². The summed E-state index contributed by atoms with van der Waals surface area (Å²) in [6, 6.07) is 0. The maximum atomic E-state index is 12.8. The van der Waals surface area contributed by atoms with Gasteiger partial charge in [0, 0.05) is 19.3 Å². The molecule has 0 rings (SSSR count). The van der Waals surface area contributed by atoms with Crippen molar-refractivity contribution >= 4 is 17.9 Å². The molecule has 0 saturated carbocycles. The summed E-state index contributed by atoms with van der Waals surface area (Å²) >= 11 is 0. The molecule has 0 bridgehead atoms. The molecule has 0 aromatic carbocycles. The first-order valence-corrected chi connectivity index (χ1v) is 29.8. The standard InChI is InChI=1S/C63H112O6/c1-4-7-10-13-16-19-22-25-28-31-32-33-36-38-41-44-47-50-53-56-62(65)68-59-60(69-63(66)57-54-51-48-45-42-39-35-30-27-24-21-18-15-12-9-6-3)58-67-61(64)55-52-49-46-43-40-37-34-29-26-23-20-17-14-11-8-5-2/h9,12,18,21,27,30,39,42,48,51,60H,4-8,10-11,13-17,19-20,22-26,28-29,31-38,40-41,43-47,49-50,52-59H2,1-3H3/b12-9-,21-18-,30-27-,42-39-,51-48-. The normalized spacial score (nSPS) is 12.4. The molecule has 69 heavy (non-hydrogen) atoms. The second kappa shape index (κ2) is 57.7. The fourth-order valence-corrected chi connectivity index (χ4v) is 8.61. The molecule has 0 spiro atoms. The monoisotopic (exact) mass is 965 g/mol. The quantitative estimate of drug-likeness (QED) is 0.0262. The van der Waals surface area contributed by atoms with Crippen LogP contribution in [0.4, 0.5) is 0 Å². The Balaban J connectivity index is 4.41. The Morgan fingerprint density at radius 2 is 0.565 bits per heavy atom. The van der Waals surface area contributed by atoms with E-state index in [2.05, 4.69) is 75.5 Å². The van der Waals surface area contributed by atoms with Gasteiger partial charge in [-0.3, -0.25) is 14.4 Å². The number of esters is 3. The number of rotatable bonds is 54. The zero-order chi connectivity index (χ0) is 50.0. The van der Waals surface area contributed by atoms with Crippen LogP contribution in [0.25, 0.3) is 0 Å². The van der Waals surface area contributed by atoms with E-state index in [4.69, 9.17) is 14.2 Å². The first-order chi connectivity index (χ1) is 34.0. The second-order valence-electron chi connectivity index (χ2n) is 19.9. The maximum absolute atomic E-state index is 12.8. The fourth-order valence-electron chi connectivity index (χ4n) is 8.61. The predicted molar refractivity (Wildman–Crippen MR) is 298 cm³/mol. The Bertz CT molecular complexity index is 1250. The van der Waals surface area contributed by atoms with E-state index in [0.717, 1.165) is 70.6 Å². The Morgan fingerprint density at radius 3 is 0.855 bits per heavy atom. The van der Waals surface area contributed by atoms with Crippen molar-refractivity contribution in [3.8, 4) is 0 Å². The van der Waals surface area contributed by atoms with Crippen molar-refractivity contribution in [2.24, 2.45) is 0 Å². The molecular weight excluding hydrogens is 853 g/mol. The van der Waals surface area contributed by atoms with Crippen LogP contribution >= 0.6 is 0 Å². The van der Waals surface area contributed by atoms with Gasteiger partial charge in [0.2, 0.25) is 0 Å². The van der Waals surface area contributed by atoms with Crippen LogP contribution in [0.2, 0.25) is 0 Å².